The minimum Gasteiger partial charge on any atom is -0.352 e. The zero-order chi connectivity index (χ0) is 14.9. The zero-order valence-electron chi connectivity index (χ0n) is 12.4. The lowest BCUT2D eigenvalue weighted by atomic mass is 10.2. The van der Waals surface area contributed by atoms with E-state index in [9.17, 15) is 0 Å². The SMILES string of the molecule is C/C=C(\C=N/C(C)OCc1ccccc1)c1ccccn1. The number of aliphatic imine (C=N–C) groups is 1. The van der Waals surface area contributed by atoms with Gasteiger partial charge in [-0.25, -0.2) is 0 Å². The molecule has 1 heterocycles. The van der Waals surface area contributed by atoms with Gasteiger partial charge in [0.15, 0.2) is 0 Å². The van der Waals surface area contributed by atoms with Crippen LogP contribution in [-0.2, 0) is 11.3 Å². The summed E-state index contributed by atoms with van der Waals surface area (Å²) in [6.45, 7) is 4.48. The van der Waals surface area contributed by atoms with Crippen LogP contribution in [0.15, 0.2) is 65.8 Å². The third kappa shape index (κ3) is 4.97. The predicted molar refractivity (Wildman–Crippen MR) is 87.1 cm³/mol. The van der Waals surface area contributed by atoms with Crippen molar-refractivity contribution in [2.45, 2.75) is 26.7 Å². The van der Waals surface area contributed by atoms with E-state index in [2.05, 4.69) is 9.98 Å². The normalized spacial score (nSPS) is 13.5. The summed E-state index contributed by atoms with van der Waals surface area (Å²) in [7, 11) is 0. The van der Waals surface area contributed by atoms with Gasteiger partial charge in [0, 0.05) is 18.0 Å². The number of nitrogens with zero attached hydrogens (tertiary/aromatic N) is 2. The number of ether oxygens (including phenoxy) is 1. The van der Waals surface area contributed by atoms with E-state index in [0.717, 1.165) is 16.8 Å². The second-order valence-corrected chi connectivity index (χ2v) is 4.63. The van der Waals surface area contributed by atoms with Crippen molar-refractivity contribution in [1.29, 1.82) is 0 Å². The highest BCUT2D eigenvalue weighted by Gasteiger charge is 2.01. The number of aromatic nitrogens is 1. The average molecular weight is 280 g/mol. The average Bonchev–Trinajstić information content (AvgIpc) is 2.55. The van der Waals surface area contributed by atoms with E-state index in [-0.39, 0.29) is 6.23 Å². The second-order valence-electron chi connectivity index (χ2n) is 4.63. The van der Waals surface area contributed by atoms with Crippen LogP contribution < -0.4 is 0 Å². The molecule has 0 aliphatic rings. The molecule has 108 valence electrons. The van der Waals surface area contributed by atoms with Gasteiger partial charge in [-0.05, 0) is 31.5 Å². The second kappa shape index (κ2) is 8.12. The van der Waals surface area contributed by atoms with Crippen LogP contribution >= 0.6 is 0 Å². The molecule has 1 aromatic heterocycles. The number of benzene rings is 1. The summed E-state index contributed by atoms with van der Waals surface area (Å²) >= 11 is 0. The Morgan fingerprint density at radius 1 is 1.19 bits per heavy atom. The van der Waals surface area contributed by atoms with Gasteiger partial charge in [0.2, 0.25) is 0 Å². The van der Waals surface area contributed by atoms with Gasteiger partial charge in [-0.3, -0.25) is 9.98 Å². The molecule has 2 aromatic rings. The molecule has 21 heavy (non-hydrogen) atoms. The summed E-state index contributed by atoms with van der Waals surface area (Å²) in [5.74, 6) is 0. The monoisotopic (exact) mass is 280 g/mol. The van der Waals surface area contributed by atoms with Gasteiger partial charge < -0.3 is 4.74 Å². The number of rotatable bonds is 6. The van der Waals surface area contributed by atoms with E-state index in [4.69, 9.17) is 4.74 Å². The Morgan fingerprint density at radius 2 is 1.95 bits per heavy atom. The summed E-state index contributed by atoms with van der Waals surface area (Å²) in [6.07, 6.45) is 5.40. The molecule has 0 spiro atoms. The van der Waals surface area contributed by atoms with Gasteiger partial charge in [-0.2, -0.15) is 0 Å². The summed E-state index contributed by atoms with van der Waals surface area (Å²) in [5, 5.41) is 0. The fourth-order valence-electron chi connectivity index (χ4n) is 1.84. The first-order chi connectivity index (χ1) is 10.3. The summed E-state index contributed by atoms with van der Waals surface area (Å²) < 4.78 is 5.71. The number of hydrogen-bond acceptors (Lipinski definition) is 3. The third-order valence-corrected chi connectivity index (χ3v) is 3.03. The minimum atomic E-state index is -0.191. The Balaban J connectivity index is 1.90. The molecule has 1 unspecified atom stereocenters. The predicted octanol–water partition coefficient (Wildman–Crippen LogP) is 4.12. The van der Waals surface area contributed by atoms with Crippen molar-refractivity contribution < 1.29 is 4.74 Å². The molecule has 0 saturated carbocycles. The lowest BCUT2D eigenvalue weighted by molar-refractivity contribution is 0.0598. The maximum Gasteiger partial charge on any atom is 0.145 e. The Hall–Kier alpha value is -2.26. The Morgan fingerprint density at radius 3 is 2.62 bits per heavy atom. The molecule has 2 rings (SSSR count). The molecular formula is C18H20N2O. The lowest BCUT2D eigenvalue weighted by Gasteiger charge is -2.09. The number of pyridine rings is 1. The molecule has 0 aliphatic heterocycles. The standard InChI is InChI=1S/C18H20N2O/c1-3-17(18-11-7-8-12-19-18)13-20-15(2)21-14-16-9-5-4-6-10-16/h3-13,15H,14H2,1-2H3/b17-3+,20-13-. The van der Waals surface area contributed by atoms with E-state index in [0.29, 0.717) is 6.61 Å². The molecule has 1 atom stereocenters. The van der Waals surface area contributed by atoms with E-state index < -0.39 is 0 Å². The minimum absolute atomic E-state index is 0.191. The molecule has 0 aliphatic carbocycles. The summed E-state index contributed by atoms with van der Waals surface area (Å²) in [4.78, 5) is 8.75. The van der Waals surface area contributed by atoms with E-state index in [1.807, 2.05) is 74.7 Å². The van der Waals surface area contributed by atoms with Crippen molar-refractivity contribution in [3.8, 4) is 0 Å². The highest BCUT2D eigenvalue weighted by atomic mass is 16.5. The van der Waals surface area contributed by atoms with Crippen LogP contribution in [0.25, 0.3) is 5.57 Å². The van der Waals surface area contributed by atoms with Crippen LogP contribution in [0.4, 0.5) is 0 Å². The first-order valence-electron chi connectivity index (χ1n) is 7.06. The smallest absolute Gasteiger partial charge is 0.145 e. The van der Waals surface area contributed by atoms with Crippen molar-refractivity contribution in [1.82, 2.24) is 4.98 Å². The third-order valence-electron chi connectivity index (χ3n) is 3.03. The highest BCUT2D eigenvalue weighted by Crippen LogP contribution is 2.09. The van der Waals surface area contributed by atoms with Crippen LogP contribution in [0.1, 0.15) is 25.1 Å². The van der Waals surface area contributed by atoms with Crippen LogP contribution in [-0.4, -0.2) is 17.4 Å². The quantitative estimate of drug-likeness (QED) is 0.746. The Labute approximate surface area is 126 Å². The van der Waals surface area contributed by atoms with Gasteiger partial charge in [0.25, 0.3) is 0 Å². The molecule has 3 nitrogen and oxygen atoms in total. The van der Waals surface area contributed by atoms with Crippen molar-refractivity contribution in [3.05, 3.63) is 72.1 Å². The summed E-state index contributed by atoms with van der Waals surface area (Å²) in [6, 6.07) is 15.9. The molecule has 0 amide bonds. The van der Waals surface area contributed by atoms with Crippen LogP contribution in [0.3, 0.4) is 0 Å². The van der Waals surface area contributed by atoms with Gasteiger partial charge in [0.1, 0.15) is 6.23 Å². The zero-order valence-corrected chi connectivity index (χ0v) is 12.4. The van der Waals surface area contributed by atoms with Crippen molar-refractivity contribution in [2.75, 3.05) is 0 Å². The van der Waals surface area contributed by atoms with E-state index in [1.165, 1.54) is 0 Å². The van der Waals surface area contributed by atoms with Gasteiger partial charge >= 0.3 is 0 Å². The first-order valence-corrected chi connectivity index (χ1v) is 7.06. The molecule has 0 bridgehead atoms. The lowest BCUT2D eigenvalue weighted by Crippen LogP contribution is -2.05. The largest absolute Gasteiger partial charge is 0.352 e. The molecule has 0 N–H and O–H groups in total. The van der Waals surface area contributed by atoms with Crippen LogP contribution in [0.2, 0.25) is 0 Å². The van der Waals surface area contributed by atoms with Gasteiger partial charge in [-0.15, -0.1) is 0 Å². The van der Waals surface area contributed by atoms with Crippen LogP contribution in [0.5, 0.6) is 0 Å². The fourth-order valence-corrected chi connectivity index (χ4v) is 1.84. The van der Waals surface area contributed by atoms with Gasteiger partial charge in [0.05, 0.1) is 12.3 Å². The molecule has 3 heteroatoms. The van der Waals surface area contributed by atoms with Crippen LogP contribution in [0, 0.1) is 0 Å². The van der Waals surface area contributed by atoms with Crippen molar-refractivity contribution >= 4 is 11.8 Å². The maximum atomic E-state index is 5.71. The number of allylic oxidation sites excluding steroid dienone is 2. The molecule has 0 radical (unpaired) electrons. The summed E-state index contributed by atoms with van der Waals surface area (Å²) in [5.41, 5.74) is 3.06. The van der Waals surface area contributed by atoms with Crippen molar-refractivity contribution in [3.63, 3.8) is 0 Å². The Bertz CT molecular complexity index is 591. The highest BCUT2D eigenvalue weighted by molar-refractivity contribution is 6.08. The van der Waals surface area contributed by atoms with E-state index in [1.54, 1.807) is 6.20 Å². The maximum absolute atomic E-state index is 5.71. The van der Waals surface area contributed by atoms with E-state index >= 15 is 0 Å². The first kappa shape index (κ1) is 15.1. The molecular weight excluding hydrogens is 260 g/mol. The number of hydrogen-bond donors (Lipinski definition) is 0. The molecule has 1 aromatic carbocycles. The topological polar surface area (TPSA) is 34.5 Å². The van der Waals surface area contributed by atoms with Gasteiger partial charge in [-0.1, -0.05) is 42.5 Å². The fraction of sp³-hybridized carbons (Fsp3) is 0.222. The molecule has 0 fully saturated rings. The molecule has 0 saturated heterocycles. The van der Waals surface area contributed by atoms with Crippen molar-refractivity contribution in [2.24, 2.45) is 4.99 Å². The Kier molecular flexibility index (Phi) is 5.85.